The van der Waals surface area contributed by atoms with Crippen LogP contribution in [-0.4, -0.2) is 17.8 Å². The number of hydrogen-bond acceptors (Lipinski definition) is 5. The van der Waals surface area contributed by atoms with Crippen molar-refractivity contribution in [3.63, 3.8) is 0 Å². The molecule has 140 valence electrons. The Labute approximate surface area is 163 Å². The summed E-state index contributed by atoms with van der Waals surface area (Å²) in [6.45, 7) is 1.15. The third kappa shape index (κ3) is 3.54. The molecule has 3 heterocycles. The first-order chi connectivity index (χ1) is 13.4. The Balaban J connectivity index is 1.50. The van der Waals surface area contributed by atoms with Gasteiger partial charge < -0.3 is 14.8 Å². The van der Waals surface area contributed by atoms with Gasteiger partial charge in [-0.15, -0.1) is 0 Å². The van der Waals surface area contributed by atoms with Gasteiger partial charge >= 0.3 is 0 Å². The largest absolute Gasteiger partial charge is 0.454 e. The van der Waals surface area contributed by atoms with Gasteiger partial charge in [0, 0.05) is 35.0 Å². The molecule has 0 unspecified atom stereocenters. The van der Waals surface area contributed by atoms with Gasteiger partial charge in [-0.05, 0) is 42.0 Å². The van der Waals surface area contributed by atoms with Gasteiger partial charge in [0.05, 0.1) is 11.2 Å². The zero-order valence-electron chi connectivity index (χ0n) is 15.4. The van der Waals surface area contributed by atoms with E-state index in [1.807, 2.05) is 6.07 Å². The number of benzene rings is 1. The number of nitrogens with zero attached hydrogens (tertiary/aromatic N) is 1. The van der Waals surface area contributed by atoms with E-state index >= 15 is 0 Å². The quantitative estimate of drug-likeness (QED) is 0.607. The van der Waals surface area contributed by atoms with Crippen molar-refractivity contribution in [2.24, 2.45) is 0 Å². The second kappa shape index (κ2) is 7.49. The summed E-state index contributed by atoms with van der Waals surface area (Å²) in [6, 6.07) is 9.09. The van der Waals surface area contributed by atoms with E-state index in [-0.39, 0.29) is 0 Å². The second-order valence-electron chi connectivity index (χ2n) is 7.48. The maximum atomic E-state index is 5.55. The lowest BCUT2D eigenvalue weighted by molar-refractivity contribution is 0.174. The maximum absolute atomic E-state index is 5.55. The van der Waals surface area contributed by atoms with E-state index in [4.69, 9.17) is 14.5 Å². The summed E-state index contributed by atoms with van der Waals surface area (Å²) in [4.78, 5) is 5.01. The zero-order chi connectivity index (χ0) is 18.1. The summed E-state index contributed by atoms with van der Waals surface area (Å²) in [7, 11) is 0. The molecule has 0 bridgehead atoms. The van der Waals surface area contributed by atoms with Crippen molar-refractivity contribution in [3.8, 4) is 22.8 Å². The molecule has 2 aliphatic rings. The van der Waals surface area contributed by atoms with E-state index in [0.29, 0.717) is 12.8 Å². The SMILES string of the molecule is c1cc(-c2nc3cc4c(cc3cc2CNC2CCCCCC2)OCO4)cs1. The third-order valence-electron chi connectivity index (χ3n) is 5.62. The van der Waals surface area contributed by atoms with Crippen LogP contribution in [0.25, 0.3) is 22.2 Å². The van der Waals surface area contributed by atoms with Gasteiger partial charge in [0.25, 0.3) is 0 Å². The molecule has 0 saturated heterocycles. The number of fused-ring (bicyclic) bond motifs is 2. The Morgan fingerprint density at radius 3 is 2.63 bits per heavy atom. The number of aromatic nitrogens is 1. The molecule has 1 N–H and O–H groups in total. The Morgan fingerprint density at radius 1 is 1.04 bits per heavy atom. The molecule has 5 rings (SSSR count). The van der Waals surface area contributed by atoms with Crippen LogP contribution in [0, 0.1) is 0 Å². The van der Waals surface area contributed by atoms with Crippen LogP contribution in [0.3, 0.4) is 0 Å². The smallest absolute Gasteiger partial charge is 0.231 e. The molecule has 27 heavy (non-hydrogen) atoms. The summed E-state index contributed by atoms with van der Waals surface area (Å²) in [6.07, 6.45) is 8.01. The molecule has 1 aliphatic heterocycles. The minimum absolute atomic E-state index is 0.291. The van der Waals surface area contributed by atoms with E-state index in [9.17, 15) is 0 Å². The number of hydrogen-bond donors (Lipinski definition) is 1. The number of pyridine rings is 1. The third-order valence-corrected chi connectivity index (χ3v) is 6.30. The molecule has 4 nitrogen and oxygen atoms in total. The summed E-state index contributed by atoms with van der Waals surface area (Å²) in [5.41, 5.74) is 4.48. The fourth-order valence-corrected chi connectivity index (χ4v) is 4.77. The van der Waals surface area contributed by atoms with Crippen LogP contribution in [0.1, 0.15) is 44.1 Å². The van der Waals surface area contributed by atoms with E-state index in [2.05, 4.69) is 34.3 Å². The standard InChI is InChI=1S/C22H24N2O2S/c1-2-4-6-18(5-3-1)23-12-17-9-16-10-20-21(26-14-25-20)11-19(16)24-22(17)15-7-8-27-13-15/h7-11,13,18,23H,1-6,12,14H2. The average molecular weight is 381 g/mol. The summed E-state index contributed by atoms with van der Waals surface area (Å²) >= 11 is 1.71. The molecule has 1 saturated carbocycles. The Kier molecular flexibility index (Phi) is 4.72. The fraction of sp³-hybridized carbons (Fsp3) is 0.409. The lowest BCUT2D eigenvalue weighted by Gasteiger charge is -2.18. The lowest BCUT2D eigenvalue weighted by atomic mass is 10.0. The van der Waals surface area contributed by atoms with Gasteiger partial charge in [-0.25, -0.2) is 4.98 Å². The van der Waals surface area contributed by atoms with Gasteiger partial charge in [-0.2, -0.15) is 11.3 Å². The van der Waals surface area contributed by atoms with Crippen molar-refractivity contribution in [1.82, 2.24) is 10.3 Å². The van der Waals surface area contributed by atoms with Crippen molar-refractivity contribution in [3.05, 3.63) is 40.6 Å². The molecular weight excluding hydrogens is 356 g/mol. The predicted molar refractivity (Wildman–Crippen MR) is 110 cm³/mol. The summed E-state index contributed by atoms with van der Waals surface area (Å²) < 4.78 is 11.1. The first-order valence-corrected chi connectivity index (χ1v) is 10.8. The molecule has 0 spiro atoms. The predicted octanol–water partition coefficient (Wildman–Crippen LogP) is 5.50. The molecule has 5 heteroatoms. The highest BCUT2D eigenvalue weighted by Crippen LogP contribution is 2.37. The van der Waals surface area contributed by atoms with Crippen LogP contribution in [0.4, 0.5) is 0 Å². The summed E-state index contributed by atoms with van der Waals surface area (Å²) in [5, 5.41) is 9.20. The zero-order valence-corrected chi connectivity index (χ0v) is 16.2. The minimum Gasteiger partial charge on any atom is -0.454 e. The van der Waals surface area contributed by atoms with E-state index in [0.717, 1.165) is 34.6 Å². The number of nitrogens with one attached hydrogen (secondary N) is 1. The maximum Gasteiger partial charge on any atom is 0.231 e. The van der Waals surface area contributed by atoms with Gasteiger partial charge in [-0.3, -0.25) is 0 Å². The van der Waals surface area contributed by atoms with Crippen molar-refractivity contribution in [2.75, 3.05) is 6.79 Å². The minimum atomic E-state index is 0.291. The van der Waals surface area contributed by atoms with Gasteiger partial charge in [0.15, 0.2) is 11.5 Å². The van der Waals surface area contributed by atoms with Crippen LogP contribution in [0.15, 0.2) is 35.0 Å². The topological polar surface area (TPSA) is 43.4 Å². The van der Waals surface area contributed by atoms with Crippen molar-refractivity contribution < 1.29 is 9.47 Å². The average Bonchev–Trinajstić information content (AvgIpc) is 3.31. The van der Waals surface area contributed by atoms with Crippen molar-refractivity contribution in [2.45, 2.75) is 51.1 Å². The van der Waals surface area contributed by atoms with E-state index < -0.39 is 0 Å². The molecule has 1 aliphatic carbocycles. The van der Waals surface area contributed by atoms with Crippen LogP contribution >= 0.6 is 11.3 Å². The van der Waals surface area contributed by atoms with Gasteiger partial charge in [0.2, 0.25) is 6.79 Å². The van der Waals surface area contributed by atoms with Crippen LogP contribution < -0.4 is 14.8 Å². The normalized spacial score (nSPS) is 17.3. The second-order valence-corrected chi connectivity index (χ2v) is 8.26. The highest BCUT2D eigenvalue weighted by atomic mass is 32.1. The molecule has 2 aromatic heterocycles. The van der Waals surface area contributed by atoms with Crippen LogP contribution in [0.5, 0.6) is 11.5 Å². The molecule has 1 aromatic carbocycles. The number of ether oxygens (including phenoxy) is 2. The van der Waals surface area contributed by atoms with E-state index in [1.165, 1.54) is 49.7 Å². The summed E-state index contributed by atoms with van der Waals surface area (Å²) in [5.74, 6) is 1.60. The van der Waals surface area contributed by atoms with Crippen LogP contribution in [0.2, 0.25) is 0 Å². The Hall–Kier alpha value is -2.11. The highest BCUT2D eigenvalue weighted by molar-refractivity contribution is 7.08. The monoisotopic (exact) mass is 380 g/mol. The first kappa shape index (κ1) is 17.0. The van der Waals surface area contributed by atoms with Crippen molar-refractivity contribution in [1.29, 1.82) is 0 Å². The fourth-order valence-electron chi connectivity index (χ4n) is 4.13. The lowest BCUT2D eigenvalue weighted by Crippen LogP contribution is -2.28. The molecule has 1 fully saturated rings. The molecule has 0 radical (unpaired) electrons. The van der Waals surface area contributed by atoms with Crippen molar-refractivity contribution >= 4 is 22.2 Å². The number of rotatable bonds is 4. The molecule has 3 aromatic rings. The highest BCUT2D eigenvalue weighted by Gasteiger charge is 2.18. The molecular formula is C22H24N2O2S. The van der Waals surface area contributed by atoms with Gasteiger partial charge in [0.1, 0.15) is 0 Å². The van der Waals surface area contributed by atoms with E-state index in [1.54, 1.807) is 11.3 Å². The first-order valence-electron chi connectivity index (χ1n) is 9.86. The number of thiophene rings is 1. The molecule has 0 amide bonds. The Bertz CT molecular complexity index is 931. The molecule has 0 atom stereocenters. The Morgan fingerprint density at radius 2 is 1.85 bits per heavy atom. The van der Waals surface area contributed by atoms with Gasteiger partial charge in [-0.1, -0.05) is 25.7 Å². The van der Waals surface area contributed by atoms with Crippen LogP contribution in [-0.2, 0) is 6.54 Å².